The largest absolute Gasteiger partial charge is 0.393 e. The Morgan fingerprint density at radius 2 is 1.97 bits per heavy atom. The zero-order valence-corrected chi connectivity index (χ0v) is 16.0. The highest BCUT2D eigenvalue weighted by Crippen LogP contribution is 2.26. The number of amides is 1. The molecule has 0 saturated carbocycles. The van der Waals surface area contributed by atoms with E-state index < -0.39 is 22.3 Å². The van der Waals surface area contributed by atoms with Crippen LogP contribution in [0.3, 0.4) is 0 Å². The monoisotopic (exact) mass is 397 g/mol. The van der Waals surface area contributed by atoms with Gasteiger partial charge in [-0.05, 0) is 37.1 Å². The first-order valence-electron chi connectivity index (χ1n) is 8.85. The van der Waals surface area contributed by atoms with E-state index >= 15 is 0 Å². The van der Waals surface area contributed by atoms with Crippen LogP contribution in [-0.2, 0) is 13.1 Å². The molecule has 0 saturated heterocycles. The highest BCUT2D eigenvalue weighted by molar-refractivity contribution is 6.01. The summed E-state index contributed by atoms with van der Waals surface area (Å²) < 4.78 is 15.5. The number of aromatic nitrogens is 2. The fourth-order valence-electron chi connectivity index (χ4n) is 3.07. The number of carbonyl (C=O) groups is 1. The van der Waals surface area contributed by atoms with Gasteiger partial charge in [-0.15, -0.1) is 0 Å². The van der Waals surface area contributed by atoms with Crippen molar-refractivity contribution < 1.29 is 14.1 Å². The average molecular weight is 397 g/mol. The number of nitrogens with one attached hydrogen (secondary N) is 1. The molecule has 3 N–H and O–H groups in total. The van der Waals surface area contributed by atoms with Gasteiger partial charge in [-0.25, -0.2) is 4.39 Å². The van der Waals surface area contributed by atoms with Crippen molar-refractivity contribution >= 4 is 17.3 Å². The molecule has 8 nitrogen and oxygen atoms in total. The van der Waals surface area contributed by atoms with Crippen molar-refractivity contribution in [1.82, 2.24) is 15.1 Å². The molecule has 0 atom stereocenters. The fourth-order valence-corrected chi connectivity index (χ4v) is 3.07. The molecule has 0 radical (unpaired) electrons. The lowest BCUT2D eigenvalue weighted by atomic mass is 10.1. The molecule has 1 amide bonds. The molecule has 150 valence electrons. The first-order chi connectivity index (χ1) is 13.7. The quantitative estimate of drug-likeness (QED) is 0.377. The Morgan fingerprint density at radius 3 is 2.62 bits per heavy atom. The lowest BCUT2D eigenvalue weighted by molar-refractivity contribution is -0.384. The van der Waals surface area contributed by atoms with Crippen LogP contribution >= 0.6 is 0 Å². The van der Waals surface area contributed by atoms with Crippen molar-refractivity contribution in [2.24, 2.45) is 0 Å². The van der Waals surface area contributed by atoms with Gasteiger partial charge < -0.3 is 11.1 Å². The number of halogens is 1. The van der Waals surface area contributed by atoms with E-state index in [-0.39, 0.29) is 17.8 Å². The molecule has 29 heavy (non-hydrogen) atoms. The van der Waals surface area contributed by atoms with E-state index in [1.54, 1.807) is 0 Å². The van der Waals surface area contributed by atoms with Gasteiger partial charge in [0.25, 0.3) is 11.6 Å². The van der Waals surface area contributed by atoms with E-state index in [0.717, 1.165) is 28.6 Å². The summed E-state index contributed by atoms with van der Waals surface area (Å²) in [5.41, 5.74) is 8.21. The maximum absolute atomic E-state index is 13.6. The van der Waals surface area contributed by atoms with E-state index in [4.69, 9.17) is 5.73 Å². The highest BCUT2D eigenvalue weighted by Gasteiger charge is 2.21. The standard InChI is InChI=1S/C20H20FN5O3/c1-12-6-13(2)25(24-12)11-15-5-3-4-14(7-15)10-23-20(27)17-8-16(21)9-18(19(17)22)26(28)29/h3-9H,10-11,22H2,1-2H3,(H,23,27). The van der Waals surface area contributed by atoms with Gasteiger partial charge in [-0.3, -0.25) is 19.6 Å². The Morgan fingerprint density at radius 1 is 1.24 bits per heavy atom. The fraction of sp³-hybridized carbons (Fsp3) is 0.200. The number of nitrogens with two attached hydrogens (primary N) is 1. The maximum atomic E-state index is 13.6. The Kier molecular flexibility index (Phi) is 5.58. The Bertz CT molecular complexity index is 1090. The van der Waals surface area contributed by atoms with Crippen molar-refractivity contribution in [3.8, 4) is 0 Å². The third-order valence-electron chi connectivity index (χ3n) is 4.44. The topological polar surface area (TPSA) is 116 Å². The molecule has 2 aromatic carbocycles. The van der Waals surface area contributed by atoms with Crippen molar-refractivity contribution in [2.75, 3.05) is 5.73 Å². The van der Waals surface area contributed by atoms with Crippen molar-refractivity contribution in [2.45, 2.75) is 26.9 Å². The minimum atomic E-state index is -0.900. The van der Waals surface area contributed by atoms with Gasteiger partial charge in [0.05, 0.1) is 28.8 Å². The zero-order valence-electron chi connectivity index (χ0n) is 16.0. The van der Waals surface area contributed by atoms with E-state index in [2.05, 4.69) is 10.4 Å². The van der Waals surface area contributed by atoms with Gasteiger partial charge in [-0.2, -0.15) is 5.10 Å². The summed E-state index contributed by atoms with van der Waals surface area (Å²) in [5, 5.41) is 18.0. The summed E-state index contributed by atoms with van der Waals surface area (Å²) >= 11 is 0. The van der Waals surface area contributed by atoms with Gasteiger partial charge in [0.2, 0.25) is 0 Å². The van der Waals surface area contributed by atoms with Crippen LogP contribution in [0.15, 0.2) is 42.5 Å². The molecule has 0 unspecified atom stereocenters. The highest BCUT2D eigenvalue weighted by atomic mass is 19.1. The second-order valence-electron chi connectivity index (χ2n) is 6.73. The predicted octanol–water partition coefficient (Wildman–Crippen LogP) is 3.11. The number of aryl methyl sites for hydroxylation is 2. The van der Waals surface area contributed by atoms with Gasteiger partial charge in [0, 0.05) is 12.2 Å². The Balaban J connectivity index is 1.73. The molecule has 1 aromatic heterocycles. The van der Waals surface area contributed by atoms with Gasteiger partial charge in [0.1, 0.15) is 11.5 Å². The van der Waals surface area contributed by atoms with E-state index in [0.29, 0.717) is 12.6 Å². The molecule has 0 bridgehead atoms. The number of nitrogens with zero attached hydrogens (tertiary/aromatic N) is 3. The molecular weight excluding hydrogens is 377 g/mol. The number of anilines is 1. The lowest BCUT2D eigenvalue weighted by Gasteiger charge is -2.10. The lowest BCUT2D eigenvalue weighted by Crippen LogP contribution is -2.24. The summed E-state index contributed by atoms with van der Waals surface area (Å²) in [7, 11) is 0. The van der Waals surface area contributed by atoms with E-state index in [9.17, 15) is 19.3 Å². The number of nitro benzene ring substituents is 1. The van der Waals surface area contributed by atoms with Crippen LogP contribution in [0.2, 0.25) is 0 Å². The molecule has 0 aliphatic rings. The summed E-state index contributed by atoms with van der Waals surface area (Å²) in [6.45, 7) is 4.66. The third-order valence-corrected chi connectivity index (χ3v) is 4.44. The number of carbonyl (C=O) groups excluding carboxylic acids is 1. The number of benzene rings is 2. The number of nitro groups is 1. The first kappa shape index (κ1) is 20.0. The minimum Gasteiger partial charge on any atom is -0.393 e. The van der Waals surface area contributed by atoms with Crippen molar-refractivity contribution in [3.63, 3.8) is 0 Å². The van der Waals surface area contributed by atoms with E-state index in [1.807, 2.05) is 48.9 Å². The van der Waals surface area contributed by atoms with Crippen LogP contribution in [-0.4, -0.2) is 20.6 Å². The second-order valence-corrected chi connectivity index (χ2v) is 6.73. The second kappa shape index (κ2) is 8.09. The van der Waals surface area contributed by atoms with E-state index in [1.165, 1.54) is 0 Å². The molecule has 3 rings (SSSR count). The molecule has 1 heterocycles. The summed E-state index contributed by atoms with van der Waals surface area (Å²) in [6, 6.07) is 11.1. The number of hydrogen-bond donors (Lipinski definition) is 2. The van der Waals surface area contributed by atoms with Crippen molar-refractivity contribution in [1.29, 1.82) is 0 Å². The van der Waals surface area contributed by atoms with Gasteiger partial charge in [0.15, 0.2) is 0 Å². The SMILES string of the molecule is Cc1cc(C)n(Cc2cccc(CNC(=O)c3cc(F)cc([N+](=O)[O-])c3N)c2)n1. The number of hydrogen-bond acceptors (Lipinski definition) is 5. The molecule has 0 aliphatic heterocycles. The normalized spacial score (nSPS) is 10.7. The average Bonchev–Trinajstić information content (AvgIpc) is 2.98. The summed E-state index contributed by atoms with van der Waals surface area (Å²) in [4.78, 5) is 22.5. The zero-order chi connectivity index (χ0) is 21.1. The third kappa shape index (κ3) is 4.57. The van der Waals surface area contributed by atoms with Crippen LogP contribution in [0, 0.1) is 29.8 Å². The summed E-state index contributed by atoms with van der Waals surface area (Å²) in [5.74, 6) is -1.59. The van der Waals surface area contributed by atoms with Crippen LogP contribution < -0.4 is 11.1 Å². The number of rotatable bonds is 6. The van der Waals surface area contributed by atoms with Crippen molar-refractivity contribution in [3.05, 3.63) is 86.5 Å². The molecule has 0 spiro atoms. The molecule has 9 heteroatoms. The summed E-state index contributed by atoms with van der Waals surface area (Å²) in [6.07, 6.45) is 0. The predicted molar refractivity (Wildman–Crippen MR) is 106 cm³/mol. The van der Waals surface area contributed by atoms with Gasteiger partial charge in [-0.1, -0.05) is 24.3 Å². The molecule has 0 fully saturated rings. The van der Waals surface area contributed by atoms with Crippen LogP contribution in [0.1, 0.15) is 32.9 Å². The first-order valence-corrected chi connectivity index (χ1v) is 8.85. The Labute approximate surface area is 166 Å². The molecule has 0 aliphatic carbocycles. The number of nitrogen functional groups attached to an aromatic ring is 1. The van der Waals surface area contributed by atoms with Crippen LogP contribution in [0.25, 0.3) is 0 Å². The van der Waals surface area contributed by atoms with Crippen LogP contribution in [0.5, 0.6) is 0 Å². The van der Waals surface area contributed by atoms with Crippen LogP contribution in [0.4, 0.5) is 15.8 Å². The maximum Gasteiger partial charge on any atom is 0.295 e. The minimum absolute atomic E-state index is 0.160. The smallest absolute Gasteiger partial charge is 0.295 e. The Hall–Kier alpha value is -3.75. The van der Waals surface area contributed by atoms with Gasteiger partial charge >= 0.3 is 0 Å². The molecular formula is C20H20FN5O3. The molecule has 3 aromatic rings.